The van der Waals surface area contributed by atoms with Gasteiger partial charge in [-0.05, 0) is 47.7 Å². The minimum absolute atomic E-state index is 0.0219. The summed E-state index contributed by atoms with van der Waals surface area (Å²) < 4.78 is 27.6. The van der Waals surface area contributed by atoms with Crippen molar-refractivity contribution in [3.8, 4) is 0 Å². The lowest BCUT2D eigenvalue weighted by Crippen LogP contribution is -2.43. The van der Waals surface area contributed by atoms with E-state index in [4.69, 9.17) is 0 Å². The molecule has 0 saturated carbocycles. The highest BCUT2D eigenvalue weighted by atomic mass is 32.2. The first-order valence-corrected chi connectivity index (χ1v) is 11.8. The van der Waals surface area contributed by atoms with Gasteiger partial charge in [-0.2, -0.15) is 4.31 Å². The Labute approximate surface area is 177 Å². The third-order valence-corrected chi connectivity index (χ3v) is 7.63. The molecule has 30 heavy (non-hydrogen) atoms. The van der Waals surface area contributed by atoms with Gasteiger partial charge in [0.15, 0.2) is 0 Å². The van der Waals surface area contributed by atoms with Gasteiger partial charge in [-0.15, -0.1) is 0 Å². The zero-order valence-corrected chi connectivity index (χ0v) is 17.6. The van der Waals surface area contributed by atoms with Crippen molar-refractivity contribution in [1.82, 2.24) is 9.62 Å². The van der Waals surface area contributed by atoms with Crippen molar-refractivity contribution in [2.75, 3.05) is 19.6 Å². The standard InChI is InChI=1S/C24H26N2O3S/c27-24(25-15-12-19-6-2-1-3-7-19)21-13-16-26(17-14-21)30(28,29)23-11-10-20-8-4-5-9-22(20)18-23/h1-11,18,21H,12-17H2,(H,25,27). The molecule has 3 aromatic carbocycles. The van der Waals surface area contributed by atoms with Crippen LogP contribution in [0.15, 0.2) is 77.7 Å². The van der Waals surface area contributed by atoms with Crippen LogP contribution in [0.3, 0.4) is 0 Å². The molecule has 1 aliphatic heterocycles. The van der Waals surface area contributed by atoms with E-state index in [-0.39, 0.29) is 11.8 Å². The molecule has 0 radical (unpaired) electrons. The Hall–Kier alpha value is -2.70. The SMILES string of the molecule is O=C(NCCc1ccccc1)C1CCN(S(=O)(=O)c2ccc3ccccc3c2)CC1. The van der Waals surface area contributed by atoms with Gasteiger partial charge in [0.1, 0.15) is 0 Å². The van der Waals surface area contributed by atoms with Crippen molar-refractivity contribution in [3.63, 3.8) is 0 Å². The topological polar surface area (TPSA) is 66.5 Å². The number of hydrogen-bond acceptors (Lipinski definition) is 3. The summed E-state index contributed by atoms with van der Waals surface area (Å²) in [5, 5.41) is 4.92. The van der Waals surface area contributed by atoms with Crippen LogP contribution in [0.4, 0.5) is 0 Å². The van der Waals surface area contributed by atoms with Crippen molar-refractivity contribution in [3.05, 3.63) is 78.4 Å². The molecule has 0 unspecified atom stereocenters. The Kier molecular flexibility index (Phi) is 6.16. The fraction of sp³-hybridized carbons (Fsp3) is 0.292. The Morgan fingerprint density at radius 1 is 0.900 bits per heavy atom. The highest BCUT2D eigenvalue weighted by Crippen LogP contribution is 2.26. The van der Waals surface area contributed by atoms with Gasteiger partial charge in [0, 0.05) is 25.6 Å². The van der Waals surface area contributed by atoms with Gasteiger partial charge in [-0.1, -0.05) is 60.7 Å². The molecule has 1 aliphatic rings. The summed E-state index contributed by atoms with van der Waals surface area (Å²) in [7, 11) is -3.55. The van der Waals surface area contributed by atoms with Crippen molar-refractivity contribution >= 4 is 26.7 Å². The molecular formula is C24H26N2O3S. The van der Waals surface area contributed by atoms with Crippen LogP contribution in [-0.2, 0) is 21.2 Å². The molecule has 0 atom stereocenters. The van der Waals surface area contributed by atoms with Crippen LogP contribution in [0.25, 0.3) is 10.8 Å². The minimum Gasteiger partial charge on any atom is -0.356 e. The fourth-order valence-electron chi connectivity index (χ4n) is 3.95. The molecule has 1 N–H and O–H groups in total. The smallest absolute Gasteiger partial charge is 0.243 e. The molecule has 3 aromatic rings. The van der Waals surface area contributed by atoms with Gasteiger partial charge >= 0.3 is 0 Å². The zero-order valence-electron chi connectivity index (χ0n) is 16.8. The van der Waals surface area contributed by atoms with E-state index >= 15 is 0 Å². The molecule has 1 saturated heterocycles. The van der Waals surface area contributed by atoms with Crippen LogP contribution in [0, 0.1) is 5.92 Å². The second-order valence-corrected chi connectivity index (χ2v) is 9.65. The second kappa shape index (κ2) is 8.98. The van der Waals surface area contributed by atoms with Gasteiger partial charge in [0.25, 0.3) is 0 Å². The normalized spacial score (nSPS) is 15.9. The number of carbonyl (C=O) groups is 1. The van der Waals surface area contributed by atoms with Crippen LogP contribution in [-0.4, -0.2) is 38.3 Å². The van der Waals surface area contributed by atoms with E-state index in [0.717, 1.165) is 17.2 Å². The van der Waals surface area contributed by atoms with Crippen LogP contribution in [0.2, 0.25) is 0 Å². The second-order valence-electron chi connectivity index (χ2n) is 7.71. The maximum atomic E-state index is 13.1. The molecule has 1 amide bonds. The number of benzene rings is 3. The molecule has 0 aliphatic carbocycles. The average molecular weight is 423 g/mol. The fourth-order valence-corrected chi connectivity index (χ4v) is 5.46. The number of fused-ring (bicyclic) bond motifs is 1. The molecule has 0 bridgehead atoms. The Morgan fingerprint density at radius 2 is 1.57 bits per heavy atom. The summed E-state index contributed by atoms with van der Waals surface area (Å²) in [6, 6.07) is 23.0. The summed E-state index contributed by atoms with van der Waals surface area (Å²) in [6.07, 6.45) is 1.88. The van der Waals surface area contributed by atoms with Crippen LogP contribution in [0.1, 0.15) is 18.4 Å². The summed E-state index contributed by atoms with van der Waals surface area (Å²) in [5.41, 5.74) is 1.19. The Balaban J connectivity index is 1.33. The van der Waals surface area contributed by atoms with Crippen LogP contribution >= 0.6 is 0 Å². The van der Waals surface area contributed by atoms with E-state index < -0.39 is 10.0 Å². The number of piperidine rings is 1. The maximum Gasteiger partial charge on any atom is 0.243 e. The third kappa shape index (κ3) is 4.55. The van der Waals surface area contributed by atoms with Crippen molar-refractivity contribution < 1.29 is 13.2 Å². The molecule has 0 aromatic heterocycles. The van der Waals surface area contributed by atoms with Gasteiger partial charge < -0.3 is 5.32 Å². The van der Waals surface area contributed by atoms with Crippen LogP contribution < -0.4 is 5.32 Å². The molecule has 6 heteroatoms. The monoisotopic (exact) mass is 422 g/mol. The predicted molar refractivity (Wildman–Crippen MR) is 119 cm³/mol. The van der Waals surface area contributed by atoms with E-state index in [2.05, 4.69) is 5.32 Å². The quantitative estimate of drug-likeness (QED) is 0.660. The van der Waals surface area contributed by atoms with Crippen LogP contribution in [0.5, 0.6) is 0 Å². The number of amides is 1. The van der Waals surface area contributed by atoms with E-state index in [1.807, 2.05) is 60.7 Å². The van der Waals surface area contributed by atoms with Gasteiger partial charge in [0.2, 0.25) is 15.9 Å². The molecule has 5 nitrogen and oxygen atoms in total. The maximum absolute atomic E-state index is 13.1. The lowest BCUT2D eigenvalue weighted by molar-refractivity contribution is -0.126. The largest absolute Gasteiger partial charge is 0.356 e. The number of hydrogen-bond donors (Lipinski definition) is 1. The van der Waals surface area contributed by atoms with Gasteiger partial charge in [-0.25, -0.2) is 8.42 Å². The molecule has 156 valence electrons. The molecule has 4 rings (SSSR count). The number of rotatable bonds is 6. The average Bonchev–Trinajstić information content (AvgIpc) is 2.79. The van der Waals surface area contributed by atoms with E-state index in [9.17, 15) is 13.2 Å². The first-order valence-electron chi connectivity index (χ1n) is 10.3. The summed E-state index contributed by atoms with van der Waals surface area (Å²) in [6.45, 7) is 1.33. The lowest BCUT2D eigenvalue weighted by Gasteiger charge is -2.30. The minimum atomic E-state index is -3.55. The Morgan fingerprint density at radius 3 is 2.30 bits per heavy atom. The van der Waals surface area contributed by atoms with Gasteiger partial charge in [-0.3, -0.25) is 4.79 Å². The highest BCUT2D eigenvalue weighted by molar-refractivity contribution is 7.89. The van der Waals surface area contributed by atoms with Crippen molar-refractivity contribution in [2.24, 2.45) is 5.92 Å². The summed E-state index contributed by atoms with van der Waals surface area (Å²) >= 11 is 0. The first kappa shape index (κ1) is 20.6. The first-order chi connectivity index (χ1) is 14.5. The number of sulfonamides is 1. The lowest BCUT2D eigenvalue weighted by atomic mass is 9.97. The number of nitrogens with zero attached hydrogens (tertiary/aromatic N) is 1. The Bertz CT molecular complexity index is 1120. The molecular weight excluding hydrogens is 396 g/mol. The number of carbonyl (C=O) groups excluding carboxylic acids is 1. The molecule has 1 fully saturated rings. The highest BCUT2D eigenvalue weighted by Gasteiger charge is 2.32. The van der Waals surface area contributed by atoms with E-state index in [1.54, 1.807) is 12.1 Å². The zero-order chi connectivity index (χ0) is 21.0. The number of nitrogens with one attached hydrogen (secondary N) is 1. The molecule has 1 heterocycles. The predicted octanol–water partition coefficient (Wildman–Crippen LogP) is 3.60. The summed E-state index contributed by atoms with van der Waals surface area (Å²) in [4.78, 5) is 12.8. The van der Waals surface area contributed by atoms with Crippen molar-refractivity contribution in [2.45, 2.75) is 24.2 Å². The summed E-state index contributed by atoms with van der Waals surface area (Å²) in [5.74, 6) is -0.113. The van der Waals surface area contributed by atoms with Crippen molar-refractivity contribution in [1.29, 1.82) is 0 Å². The molecule has 0 spiro atoms. The van der Waals surface area contributed by atoms with E-state index in [1.165, 1.54) is 9.87 Å². The van der Waals surface area contributed by atoms with E-state index in [0.29, 0.717) is 37.4 Å². The third-order valence-electron chi connectivity index (χ3n) is 5.74. The van der Waals surface area contributed by atoms with Gasteiger partial charge in [0.05, 0.1) is 4.90 Å².